The summed E-state index contributed by atoms with van der Waals surface area (Å²) < 4.78 is 26.5. The summed E-state index contributed by atoms with van der Waals surface area (Å²) in [5, 5.41) is 0. The highest BCUT2D eigenvalue weighted by molar-refractivity contribution is 7.92. The summed E-state index contributed by atoms with van der Waals surface area (Å²) in [5.41, 5.74) is 10.9. The topological polar surface area (TPSA) is 64.8 Å². The second-order valence-electron chi connectivity index (χ2n) is 13.5. The number of hydrogen-bond acceptors (Lipinski definition) is 5. The first-order chi connectivity index (χ1) is 23.3. The van der Waals surface area contributed by atoms with E-state index < -0.39 is 16.4 Å². The van der Waals surface area contributed by atoms with Crippen molar-refractivity contribution in [2.75, 3.05) is 19.3 Å². The molecule has 0 fully saturated rings. The normalized spacial score (nSPS) is 17.3. The van der Waals surface area contributed by atoms with E-state index in [1.54, 1.807) is 0 Å². The van der Waals surface area contributed by atoms with Gasteiger partial charge in [-0.3, -0.25) is 0 Å². The number of ether oxygens (including phenoxy) is 2. The molecular weight excluding hydrogens is 625 g/mol. The Balaban J connectivity index is 1.69. The van der Waals surface area contributed by atoms with Crippen LogP contribution in [0.2, 0.25) is 0 Å². The summed E-state index contributed by atoms with van der Waals surface area (Å²) in [6.07, 6.45) is 24.6. The van der Waals surface area contributed by atoms with Gasteiger partial charge in [0.25, 0.3) is 0 Å². The third-order valence-corrected chi connectivity index (χ3v) is 11.4. The summed E-state index contributed by atoms with van der Waals surface area (Å²) >= 11 is 0. The molecule has 2 aliphatic rings. The molecule has 1 aliphatic heterocycles. The first kappa shape index (κ1) is 39.7. The first-order valence-electron chi connectivity index (χ1n) is 17.9. The largest absolute Gasteiger partial charge is 0.487 e. The van der Waals surface area contributed by atoms with Crippen LogP contribution in [0.15, 0.2) is 129 Å². The quantitative estimate of drug-likeness (QED) is 0.100. The molecule has 6 heteroatoms. The average Bonchev–Trinajstić information content (AvgIpc) is 3.11. The molecule has 0 saturated heterocycles. The fraction of sp³-hybridized carbons (Fsp3) is 0.442. The van der Waals surface area contributed by atoms with Gasteiger partial charge in [0.15, 0.2) is 5.88 Å². The van der Waals surface area contributed by atoms with E-state index >= 15 is 0 Å². The minimum atomic E-state index is -1.23. The van der Waals surface area contributed by atoms with Crippen molar-refractivity contribution in [3.63, 3.8) is 0 Å². The maximum atomic E-state index is 13.5. The van der Waals surface area contributed by atoms with Gasteiger partial charge in [0, 0.05) is 47.3 Å². The number of rotatable bonds is 17. The van der Waals surface area contributed by atoms with E-state index in [4.69, 9.17) is 15.2 Å². The van der Waals surface area contributed by atoms with Crippen molar-refractivity contribution >= 4 is 16.5 Å². The molecular formula is C43H60N2O3S. The van der Waals surface area contributed by atoms with Gasteiger partial charge in [0.2, 0.25) is 0 Å². The molecule has 1 unspecified atom stereocenters. The number of anilines is 1. The Hall–Kier alpha value is -3.77. The van der Waals surface area contributed by atoms with Crippen molar-refractivity contribution in [2.45, 2.75) is 106 Å². The predicted molar refractivity (Wildman–Crippen MR) is 210 cm³/mol. The standard InChI is InChI=1S/C43H60N2O3S/c1-11-16-34(12-2)19-17-32(6)42(8,9)36-22-30-41(45(10)31-36)47-39-26-28-40(29-27-39)49(46)33(7)18-25-38(13-3)48-43(14-4,15-5)35-20-23-37(44)24-21-35/h12,17-26,28,30H,6,11,13-16,27,29,31,44H2,1-5,7-10H3/b19-17-,33-18+,34-12-,38-25+. The van der Waals surface area contributed by atoms with Gasteiger partial charge in [-0.25, -0.2) is 4.21 Å². The minimum absolute atomic E-state index is 0.180. The maximum absolute atomic E-state index is 13.5. The second kappa shape index (κ2) is 18.3. The maximum Gasteiger partial charge on any atom is 0.195 e. The van der Waals surface area contributed by atoms with Gasteiger partial charge in [-0.1, -0.05) is 96.6 Å². The first-order valence-corrected chi connectivity index (χ1v) is 19.1. The van der Waals surface area contributed by atoms with Crippen LogP contribution in [0.5, 0.6) is 0 Å². The van der Waals surface area contributed by atoms with Crippen molar-refractivity contribution < 1.29 is 13.7 Å². The van der Waals surface area contributed by atoms with Gasteiger partial charge < -0.3 is 20.1 Å². The highest BCUT2D eigenvalue weighted by Crippen LogP contribution is 2.39. The molecule has 0 saturated carbocycles. The zero-order valence-corrected chi connectivity index (χ0v) is 32.3. The molecule has 0 amide bonds. The van der Waals surface area contributed by atoms with E-state index in [1.165, 1.54) is 11.1 Å². The van der Waals surface area contributed by atoms with Gasteiger partial charge >= 0.3 is 0 Å². The van der Waals surface area contributed by atoms with Crippen LogP contribution >= 0.6 is 0 Å². The van der Waals surface area contributed by atoms with E-state index in [9.17, 15) is 4.21 Å². The molecule has 1 aromatic carbocycles. The second-order valence-corrected chi connectivity index (χ2v) is 15.2. The highest BCUT2D eigenvalue weighted by atomic mass is 32.2. The van der Waals surface area contributed by atoms with Gasteiger partial charge in [-0.15, -0.1) is 0 Å². The Labute approximate surface area is 299 Å². The van der Waals surface area contributed by atoms with E-state index in [0.717, 1.165) is 82.7 Å². The van der Waals surface area contributed by atoms with Gasteiger partial charge in [0.05, 0.1) is 16.6 Å². The van der Waals surface area contributed by atoms with Crippen LogP contribution in [-0.2, 0) is 25.9 Å². The zero-order chi connectivity index (χ0) is 36.2. The Kier molecular flexibility index (Phi) is 14.8. The lowest BCUT2D eigenvalue weighted by molar-refractivity contribution is -0.0134. The van der Waals surface area contributed by atoms with Crippen LogP contribution < -0.4 is 5.73 Å². The van der Waals surface area contributed by atoms with Gasteiger partial charge in [0.1, 0.15) is 11.4 Å². The fourth-order valence-corrected chi connectivity index (χ4v) is 7.10. The van der Waals surface area contributed by atoms with E-state index in [0.29, 0.717) is 12.8 Å². The molecule has 0 bridgehead atoms. The SMILES string of the molecule is C=C(/C=C\C(=C/C)CCC)C(C)(C)C1=CC=C(OC2=CC=C(S(=O)/C(C)=C/C=C(\CC)OC(CC)(CC)c3ccc(N)cc3)CC2)N(C)C1. The number of benzene rings is 1. The van der Waals surface area contributed by atoms with Crippen LogP contribution in [0.25, 0.3) is 0 Å². The Morgan fingerprint density at radius 2 is 1.69 bits per heavy atom. The minimum Gasteiger partial charge on any atom is -0.487 e. The lowest BCUT2D eigenvalue weighted by Gasteiger charge is -2.35. The molecule has 1 heterocycles. The summed E-state index contributed by atoms with van der Waals surface area (Å²) in [6, 6.07) is 7.96. The van der Waals surface area contributed by atoms with Crippen molar-refractivity contribution in [3.05, 3.63) is 135 Å². The smallest absolute Gasteiger partial charge is 0.195 e. The third-order valence-electron chi connectivity index (χ3n) is 9.82. The Bertz CT molecular complexity index is 1590. The summed E-state index contributed by atoms with van der Waals surface area (Å²) in [5.74, 6) is 2.55. The van der Waals surface area contributed by atoms with Crippen molar-refractivity contribution in [1.29, 1.82) is 0 Å². The molecule has 3 rings (SSSR count). The average molecular weight is 685 g/mol. The summed E-state index contributed by atoms with van der Waals surface area (Å²) in [7, 11) is 0.825. The summed E-state index contributed by atoms with van der Waals surface area (Å²) in [6.45, 7) is 22.2. The van der Waals surface area contributed by atoms with Crippen LogP contribution in [0.1, 0.15) is 106 Å². The van der Waals surface area contributed by atoms with Crippen LogP contribution in [0, 0.1) is 5.41 Å². The molecule has 0 radical (unpaired) electrons. The monoisotopic (exact) mass is 684 g/mol. The zero-order valence-electron chi connectivity index (χ0n) is 31.5. The van der Waals surface area contributed by atoms with E-state index in [-0.39, 0.29) is 5.41 Å². The molecule has 1 atom stereocenters. The number of hydrogen-bond donors (Lipinski definition) is 1. The van der Waals surface area contributed by atoms with E-state index in [2.05, 4.69) is 110 Å². The molecule has 2 N–H and O–H groups in total. The van der Waals surface area contributed by atoms with Crippen LogP contribution in [0.4, 0.5) is 5.69 Å². The Morgan fingerprint density at radius 1 is 1.00 bits per heavy atom. The summed E-state index contributed by atoms with van der Waals surface area (Å²) in [4.78, 5) is 3.84. The van der Waals surface area contributed by atoms with Crippen LogP contribution in [-0.4, -0.2) is 22.7 Å². The van der Waals surface area contributed by atoms with Crippen molar-refractivity contribution in [3.8, 4) is 0 Å². The molecule has 0 spiro atoms. The lowest BCUT2D eigenvalue weighted by atomic mass is 9.76. The molecule has 1 aromatic rings. The number of allylic oxidation sites excluding steroid dienone is 15. The highest BCUT2D eigenvalue weighted by Gasteiger charge is 2.31. The van der Waals surface area contributed by atoms with E-state index in [1.807, 2.05) is 43.4 Å². The van der Waals surface area contributed by atoms with Gasteiger partial charge in [-0.05, 0) is 98.8 Å². The molecule has 1 aliphatic carbocycles. The molecule has 49 heavy (non-hydrogen) atoms. The predicted octanol–water partition coefficient (Wildman–Crippen LogP) is 11.4. The third kappa shape index (κ3) is 10.4. The van der Waals surface area contributed by atoms with Crippen LogP contribution in [0.3, 0.4) is 0 Å². The number of nitrogen functional groups attached to an aromatic ring is 1. The molecule has 0 aromatic heterocycles. The molecule has 266 valence electrons. The Morgan fingerprint density at radius 3 is 2.24 bits per heavy atom. The number of nitrogens with zero attached hydrogens (tertiary/aromatic N) is 1. The van der Waals surface area contributed by atoms with Gasteiger partial charge in [-0.2, -0.15) is 0 Å². The number of likely N-dealkylation sites (N-methyl/N-ethyl adjacent to an activating group) is 1. The fourth-order valence-electron chi connectivity index (χ4n) is 6.01. The number of nitrogens with two attached hydrogens (primary N) is 1. The van der Waals surface area contributed by atoms with Crippen molar-refractivity contribution in [2.24, 2.45) is 5.41 Å². The molecule has 5 nitrogen and oxygen atoms in total. The lowest BCUT2D eigenvalue weighted by Crippen LogP contribution is -2.31. The van der Waals surface area contributed by atoms with Crippen molar-refractivity contribution in [1.82, 2.24) is 4.90 Å².